The molecule has 0 atom stereocenters. The monoisotopic (exact) mass is 428 g/mol. The van der Waals surface area contributed by atoms with Crippen LogP contribution in [0.4, 0.5) is 0 Å². The lowest BCUT2D eigenvalue weighted by Crippen LogP contribution is -2.24. The summed E-state index contributed by atoms with van der Waals surface area (Å²) in [5, 5.41) is 1.96. The van der Waals surface area contributed by atoms with Gasteiger partial charge in [-0.05, 0) is 29.5 Å². The van der Waals surface area contributed by atoms with Gasteiger partial charge in [0.05, 0.1) is 30.4 Å². The van der Waals surface area contributed by atoms with E-state index in [1.807, 2.05) is 19.1 Å². The summed E-state index contributed by atoms with van der Waals surface area (Å²) < 4.78 is 12.5. The standard InChI is InChI=1S/C23H28N2O4S/c1-5-6-12-29-22(27)18-14-30-20-19(18)21(26)25(15-24-20)11-13-28-17-9-7-16(8-10-17)23(2,3)4/h7-10,14-15H,5-6,11-13H2,1-4H3. The van der Waals surface area contributed by atoms with E-state index in [0.29, 0.717) is 30.0 Å². The number of rotatable bonds is 8. The van der Waals surface area contributed by atoms with Crippen LogP contribution < -0.4 is 10.3 Å². The Morgan fingerprint density at radius 1 is 1.17 bits per heavy atom. The summed E-state index contributed by atoms with van der Waals surface area (Å²) in [5.74, 6) is 0.280. The number of aromatic nitrogens is 2. The molecule has 0 saturated carbocycles. The zero-order valence-corrected chi connectivity index (χ0v) is 18.8. The van der Waals surface area contributed by atoms with Gasteiger partial charge in [-0.1, -0.05) is 46.2 Å². The van der Waals surface area contributed by atoms with E-state index in [9.17, 15) is 9.59 Å². The van der Waals surface area contributed by atoms with Crippen molar-refractivity contribution in [1.82, 2.24) is 9.55 Å². The van der Waals surface area contributed by atoms with Crippen molar-refractivity contribution >= 4 is 27.5 Å². The molecule has 0 N–H and O–H groups in total. The molecular weight excluding hydrogens is 400 g/mol. The molecule has 7 heteroatoms. The molecule has 3 rings (SSSR count). The summed E-state index contributed by atoms with van der Waals surface area (Å²) in [5.41, 5.74) is 1.35. The molecule has 1 aromatic carbocycles. The lowest BCUT2D eigenvalue weighted by molar-refractivity contribution is 0.0502. The molecule has 3 aromatic rings. The summed E-state index contributed by atoms with van der Waals surface area (Å²) in [6, 6.07) is 7.98. The Morgan fingerprint density at radius 3 is 2.57 bits per heavy atom. The first-order chi connectivity index (χ1) is 14.3. The molecule has 0 bridgehead atoms. The minimum atomic E-state index is -0.471. The van der Waals surface area contributed by atoms with Crippen molar-refractivity contribution in [3.63, 3.8) is 0 Å². The summed E-state index contributed by atoms with van der Waals surface area (Å²) in [4.78, 5) is 30.1. The maximum atomic E-state index is 12.9. The lowest BCUT2D eigenvalue weighted by Gasteiger charge is -2.19. The molecule has 0 aliphatic carbocycles. The Morgan fingerprint density at radius 2 is 1.90 bits per heavy atom. The van der Waals surface area contributed by atoms with Gasteiger partial charge in [0.25, 0.3) is 5.56 Å². The highest BCUT2D eigenvalue weighted by molar-refractivity contribution is 7.17. The predicted molar refractivity (Wildman–Crippen MR) is 120 cm³/mol. The second-order valence-electron chi connectivity index (χ2n) is 8.18. The van der Waals surface area contributed by atoms with Gasteiger partial charge in [-0.15, -0.1) is 11.3 Å². The number of carbonyl (C=O) groups is 1. The van der Waals surface area contributed by atoms with Gasteiger partial charge in [0.2, 0.25) is 0 Å². The van der Waals surface area contributed by atoms with Gasteiger partial charge >= 0.3 is 5.97 Å². The third-order valence-corrected chi connectivity index (χ3v) is 5.72. The normalized spacial score (nSPS) is 11.6. The number of carbonyl (C=O) groups excluding carboxylic acids is 1. The molecule has 2 aromatic heterocycles. The molecule has 6 nitrogen and oxygen atoms in total. The number of hydrogen-bond donors (Lipinski definition) is 0. The van der Waals surface area contributed by atoms with E-state index >= 15 is 0 Å². The molecule has 160 valence electrons. The molecule has 0 radical (unpaired) electrons. The smallest absolute Gasteiger partial charge is 0.339 e. The summed E-state index contributed by atoms with van der Waals surface area (Å²) >= 11 is 1.27. The van der Waals surface area contributed by atoms with Crippen LogP contribution in [0.3, 0.4) is 0 Å². The van der Waals surface area contributed by atoms with Gasteiger partial charge in [-0.3, -0.25) is 9.36 Å². The highest BCUT2D eigenvalue weighted by Gasteiger charge is 2.18. The first kappa shape index (κ1) is 22.0. The summed E-state index contributed by atoms with van der Waals surface area (Å²) in [6.45, 7) is 9.52. The Kier molecular flexibility index (Phi) is 6.92. The predicted octanol–water partition coefficient (Wildman–Crippen LogP) is 4.79. The number of nitrogens with zero attached hydrogens (tertiary/aromatic N) is 2. The van der Waals surface area contributed by atoms with Crippen LogP contribution in [0.15, 0.2) is 40.8 Å². The lowest BCUT2D eigenvalue weighted by atomic mass is 9.87. The molecule has 0 unspecified atom stereocenters. The Balaban J connectivity index is 1.69. The van der Waals surface area contributed by atoms with E-state index in [1.165, 1.54) is 27.8 Å². The third-order valence-electron chi connectivity index (χ3n) is 4.83. The van der Waals surface area contributed by atoms with Gasteiger partial charge in [0.15, 0.2) is 0 Å². The van der Waals surface area contributed by atoms with Crippen LogP contribution in [0, 0.1) is 0 Å². The number of fused-ring (bicyclic) bond motifs is 1. The van der Waals surface area contributed by atoms with Crippen LogP contribution in [-0.2, 0) is 16.7 Å². The third kappa shape index (κ3) is 5.08. The largest absolute Gasteiger partial charge is 0.492 e. The van der Waals surface area contributed by atoms with Crippen LogP contribution in [0.2, 0.25) is 0 Å². The molecule has 30 heavy (non-hydrogen) atoms. The summed E-state index contributed by atoms with van der Waals surface area (Å²) in [7, 11) is 0. The van der Waals surface area contributed by atoms with Crippen molar-refractivity contribution in [3.05, 3.63) is 57.5 Å². The molecule has 0 saturated heterocycles. The number of hydrogen-bond acceptors (Lipinski definition) is 6. The topological polar surface area (TPSA) is 70.4 Å². The minimum Gasteiger partial charge on any atom is -0.492 e. The SMILES string of the molecule is CCCCOC(=O)c1csc2ncn(CCOc3ccc(C(C)(C)C)cc3)c(=O)c12. The summed E-state index contributed by atoms with van der Waals surface area (Å²) in [6.07, 6.45) is 3.23. The molecule has 0 aliphatic rings. The van der Waals surface area contributed by atoms with Crippen LogP contribution >= 0.6 is 11.3 Å². The Bertz CT molecular complexity index is 1060. The van der Waals surface area contributed by atoms with Gasteiger partial charge in [0.1, 0.15) is 17.2 Å². The Labute approximate surface area is 180 Å². The van der Waals surface area contributed by atoms with Gasteiger partial charge in [0, 0.05) is 5.38 Å². The number of unbranched alkanes of at least 4 members (excludes halogenated alkanes) is 1. The fourth-order valence-corrected chi connectivity index (χ4v) is 3.84. The van der Waals surface area contributed by atoms with Gasteiger partial charge in [-0.25, -0.2) is 9.78 Å². The molecule has 0 spiro atoms. The van der Waals surface area contributed by atoms with E-state index in [1.54, 1.807) is 5.38 Å². The maximum Gasteiger partial charge on any atom is 0.339 e. The van der Waals surface area contributed by atoms with Crippen LogP contribution in [0.1, 0.15) is 56.5 Å². The van der Waals surface area contributed by atoms with Crippen molar-refractivity contribution in [2.45, 2.75) is 52.5 Å². The number of thiophene rings is 1. The van der Waals surface area contributed by atoms with E-state index < -0.39 is 5.97 Å². The van der Waals surface area contributed by atoms with Crippen molar-refractivity contribution in [2.75, 3.05) is 13.2 Å². The molecule has 2 heterocycles. The molecule has 0 aliphatic heterocycles. The molecular formula is C23H28N2O4S. The number of esters is 1. The van der Waals surface area contributed by atoms with Crippen LogP contribution in [-0.4, -0.2) is 28.7 Å². The van der Waals surface area contributed by atoms with E-state index in [-0.39, 0.29) is 16.5 Å². The second kappa shape index (κ2) is 9.43. The van der Waals surface area contributed by atoms with E-state index in [4.69, 9.17) is 9.47 Å². The minimum absolute atomic E-state index is 0.0862. The van der Waals surface area contributed by atoms with Gasteiger partial charge in [-0.2, -0.15) is 0 Å². The van der Waals surface area contributed by atoms with Crippen molar-refractivity contribution < 1.29 is 14.3 Å². The quantitative estimate of drug-likeness (QED) is 0.381. The van der Waals surface area contributed by atoms with E-state index in [0.717, 1.165) is 18.6 Å². The average molecular weight is 429 g/mol. The highest BCUT2D eigenvalue weighted by Crippen LogP contribution is 2.24. The number of benzene rings is 1. The average Bonchev–Trinajstić information content (AvgIpc) is 3.14. The first-order valence-corrected chi connectivity index (χ1v) is 11.1. The molecule has 0 amide bonds. The zero-order valence-electron chi connectivity index (χ0n) is 17.9. The van der Waals surface area contributed by atoms with Crippen molar-refractivity contribution in [1.29, 1.82) is 0 Å². The highest BCUT2D eigenvalue weighted by atomic mass is 32.1. The fourth-order valence-electron chi connectivity index (χ4n) is 2.98. The first-order valence-electron chi connectivity index (χ1n) is 10.2. The van der Waals surface area contributed by atoms with Crippen molar-refractivity contribution in [2.24, 2.45) is 0 Å². The maximum absolute atomic E-state index is 12.9. The zero-order chi connectivity index (χ0) is 21.7. The van der Waals surface area contributed by atoms with Crippen molar-refractivity contribution in [3.8, 4) is 5.75 Å². The van der Waals surface area contributed by atoms with Gasteiger partial charge < -0.3 is 9.47 Å². The fraction of sp³-hybridized carbons (Fsp3) is 0.435. The number of ether oxygens (including phenoxy) is 2. The molecule has 0 fully saturated rings. The van der Waals surface area contributed by atoms with E-state index in [2.05, 4.69) is 37.9 Å². The van der Waals surface area contributed by atoms with Crippen LogP contribution in [0.25, 0.3) is 10.2 Å². The Hall–Kier alpha value is -2.67. The second-order valence-corrected chi connectivity index (χ2v) is 9.04. The van der Waals surface area contributed by atoms with Crippen LogP contribution in [0.5, 0.6) is 5.75 Å².